The van der Waals surface area contributed by atoms with Gasteiger partial charge >= 0.3 is 5.97 Å². The fourth-order valence-electron chi connectivity index (χ4n) is 3.77. The van der Waals surface area contributed by atoms with E-state index in [0.717, 1.165) is 38.5 Å². The predicted octanol–water partition coefficient (Wildman–Crippen LogP) is 2.87. The first kappa shape index (κ1) is 14.6. The van der Waals surface area contributed by atoms with E-state index in [1.165, 1.54) is 11.1 Å². The normalized spacial score (nSPS) is 25.6. The van der Waals surface area contributed by atoms with Crippen molar-refractivity contribution >= 4 is 5.97 Å². The van der Waals surface area contributed by atoms with E-state index in [1.54, 1.807) is 0 Å². The molecule has 0 heterocycles. The van der Waals surface area contributed by atoms with Crippen LogP contribution in [0.5, 0.6) is 0 Å². The van der Waals surface area contributed by atoms with E-state index in [-0.39, 0.29) is 11.9 Å². The number of rotatable bonds is 4. The summed E-state index contributed by atoms with van der Waals surface area (Å²) in [5.74, 6) is 0.132. The van der Waals surface area contributed by atoms with E-state index in [1.807, 2.05) is 6.92 Å². The molecule has 1 saturated carbocycles. The molecule has 1 fully saturated rings. The van der Waals surface area contributed by atoms with Crippen molar-refractivity contribution in [1.29, 1.82) is 0 Å². The summed E-state index contributed by atoms with van der Waals surface area (Å²) in [6, 6.07) is 9.89. The zero-order valence-corrected chi connectivity index (χ0v) is 12.8. The summed E-state index contributed by atoms with van der Waals surface area (Å²) in [4.78, 5) is 11.8. The Bertz CT molecular complexity index is 467. The highest BCUT2D eigenvalue weighted by atomic mass is 16.5. The van der Waals surface area contributed by atoms with Gasteiger partial charge in [-0.1, -0.05) is 24.3 Å². The van der Waals surface area contributed by atoms with Gasteiger partial charge in [0.1, 0.15) is 0 Å². The van der Waals surface area contributed by atoms with Gasteiger partial charge in [0, 0.05) is 12.1 Å². The Morgan fingerprint density at radius 3 is 2.29 bits per heavy atom. The van der Waals surface area contributed by atoms with Gasteiger partial charge in [0.15, 0.2) is 0 Å². The number of benzene rings is 1. The van der Waals surface area contributed by atoms with Crippen molar-refractivity contribution in [2.45, 2.75) is 57.5 Å². The minimum absolute atomic E-state index is 0.00391. The van der Waals surface area contributed by atoms with Crippen LogP contribution in [-0.2, 0) is 22.4 Å². The van der Waals surface area contributed by atoms with E-state index >= 15 is 0 Å². The molecule has 0 bridgehead atoms. The molecule has 1 N–H and O–H groups in total. The molecule has 0 aromatic heterocycles. The SMILES string of the molecule is CCOC(=O)C1CCC(NC2Cc3ccccc3C2)CC1. The zero-order chi connectivity index (χ0) is 14.7. The van der Waals surface area contributed by atoms with E-state index in [0.29, 0.717) is 18.7 Å². The molecule has 0 spiro atoms. The first-order valence-corrected chi connectivity index (χ1v) is 8.25. The van der Waals surface area contributed by atoms with Crippen LogP contribution in [0.15, 0.2) is 24.3 Å². The Labute approximate surface area is 127 Å². The topological polar surface area (TPSA) is 38.3 Å². The molecular weight excluding hydrogens is 262 g/mol. The summed E-state index contributed by atoms with van der Waals surface area (Å²) >= 11 is 0. The number of carbonyl (C=O) groups excluding carboxylic acids is 1. The Hall–Kier alpha value is -1.35. The number of hydrogen-bond acceptors (Lipinski definition) is 3. The first-order chi connectivity index (χ1) is 10.3. The quantitative estimate of drug-likeness (QED) is 0.865. The number of hydrogen-bond donors (Lipinski definition) is 1. The van der Waals surface area contributed by atoms with Crippen molar-refractivity contribution in [3.63, 3.8) is 0 Å². The molecule has 1 aromatic carbocycles. The van der Waals surface area contributed by atoms with Gasteiger partial charge in [-0.25, -0.2) is 0 Å². The fourth-order valence-corrected chi connectivity index (χ4v) is 3.77. The molecule has 0 radical (unpaired) electrons. The van der Waals surface area contributed by atoms with Gasteiger partial charge in [0.2, 0.25) is 0 Å². The molecule has 1 aromatic rings. The number of ether oxygens (including phenoxy) is 1. The van der Waals surface area contributed by atoms with Crippen LogP contribution >= 0.6 is 0 Å². The monoisotopic (exact) mass is 287 g/mol. The zero-order valence-electron chi connectivity index (χ0n) is 12.8. The smallest absolute Gasteiger partial charge is 0.308 e. The summed E-state index contributed by atoms with van der Waals surface area (Å²) in [7, 11) is 0. The lowest BCUT2D eigenvalue weighted by molar-refractivity contribution is -0.149. The Balaban J connectivity index is 1.46. The second-order valence-electron chi connectivity index (χ2n) is 6.34. The molecule has 0 saturated heterocycles. The Morgan fingerprint density at radius 2 is 1.71 bits per heavy atom. The van der Waals surface area contributed by atoms with Crippen LogP contribution in [0.1, 0.15) is 43.7 Å². The summed E-state index contributed by atoms with van der Waals surface area (Å²) in [5, 5.41) is 3.80. The maximum Gasteiger partial charge on any atom is 0.308 e. The van der Waals surface area contributed by atoms with Gasteiger partial charge in [0.25, 0.3) is 0 Å². The molecule has 0 amide bonds. The van der Waals surface area contributed by atoms with Gasteiger partial charge in [0.05, 0.1) is 12.5 Å². The highest BCUT2D eigenvalue weighted by Gasteiger charge is 2.29. The number of carbonyl (C=O) groups is 1. The second kappa shape index (κ2) is 6.61. The average molecular weight is 287 g/mol. The second-order valence-corrected chi connectivity index (χ2v) is 6.34. The summed E-state index contributed by atoms with van der Waals surface area (Å²) < 4.78 is 5.13. The lowest BCUT2D eigenvalue weighted by Gasteiger charge is -2.30. The van der Waals surface area contributed by atoms with E-state index in [2.05, 4.69) is 29.6 Å². The lowest BCUT2D eigenvalue weighted by atomic mass is 9.85. The minimum Gasteiger partial charge on any atom is -0.466 e. The van der Waals surface area contributed by atoms with Crippen LogP contribution in [0.4, 0.5) is 0 Å². The van der Waals surface area contributed by atoms with E-state index in [4.69, 9.17) is 4.74 Å². The van der Waals surface area contributed by atoms with Crippen LogP contribution in [0.25, 0.3) is 0 Å². The van der Waals surface area contributed by atoms with Gasteiger partial charge in [-0.2, -0.15) is 0 Å². The van der Waals surface area contributed by atoms with Gasteiger partial charge in [-0.05, 0) is 56.6 Å². The van der Waals surface area contributed by atoms with Gasteiger partial charge in [-0.3, -0.25) is 4.79 Å². The van der Waals surface area contributed by atoms with E-state index < -0.39 is 0 Å². The van der Waals surface area contributed by atoms with Crippen LogP contribution < -0.4 is 5.32 Å². The maximum absolute atomic E-state index is 11.8. The molecule has 21 heavy (non-hydrogen) atoms. The van der Waals surface area contributed by atoms with Crippen LogP contribution in [0, 0.1) is 5.92 Å². The number of fused-ring (bicyclic) bond motifs is 1. The lowest BCUT2D eigenvalue weighted by Crippen LogP contribution is -2.41. The summed E-state index contributed by atoms with van der Waals surface area (Å²) in [6.45, 7) is 2.38. The highest BCUT2D eigenvalue weighted by molar-refractivity contribution is 5.72. The fraction of sp³-hybridized carbons (Fsp3) is 0.611. The maximum atomic E-state index is 11.8. The first-order valence-electron chi connectivity index (χ1n) is 8.25. The van der Waals surface area contributed by atoms with Crippen molar-refractivity contribution in [2.75, 3.05) is 6.61 Å². The largest absolute Gasteiger partial charge is 0.466 e. The Morgan fingerprint density at radius 1 is 1.10 bits per heavy atom. The number of nitrogens with one attached hydrogen (secondary N) is 1. The third-order valence-corrected chi connectivity index (χ3v) is 4.87. The standard InChI is InChI=1S/C18H25NO2/c1-2-21-18(20)13-7-9-16(10-8-13)19-17-11-14-5-3-4-6-15(14)12-17/h3-6,13,16-17,19H,2,7-12H2,1H3. The molecule has 2 aliphatic rings. The van der Waals surface area contributed by atoms with Crippen molar-refractivity contribution in [1.82, 2.24) is 5.32 Å². The third-order valence-electron chi connectivity index (χ3n) is 4.87. The molecule has 3 rings (SSSR count). The highest BCUT2D eigenvalue weighted by Crippen LogP contribution is 2.28. The average Bonchev–Trinajstić information content (AvgIpc) is 2.90. The molecule has 0 atom stereocenters. The van der Waals surface area contributed by atoms with Crippen molar-refractivity contribution in [3.05, 3.63) is 35.4 Å². The number of esters is 1. The van der Waals surface area contributed by atoms with Crippen molar-refractivity contribution < 1.29 is 9.53 Å². The molecule has 3 nitrogen and oxygen atoms in total. The molecule has 0 unspecified atom stereocenters. The molecular formula is C18H25NO2. The Kier molecular flexibility index (Phi) is 4.59. The summed E-state index contributed by atoms with van der Waals surface area (Å²) in [6.07, 6.45) is 6.42. The third kappa shape index (κ3) is 3.46. The van der Waals surface area contributed by atoms with Crippen LogP contribution in [-0.4, -0.2) is 24.7 Å². The predicted molar refractivity (Wildman–Crippen MR) is 83.2 cm³/mol. The molecule has 3 heteroatoms. The van der Waals surface area contributed by atoms with Gasteiger partial charge < -0.3 is 10.1 Å². The molecule has 0 aliphatic heterocycles. The van der Waals surface area contributed by atoms with Crippen molar-refractivity contribution in [2.24, 2.45) is 5.92 Å². The summed E-state index contributed by atoms with van der Waals surface area (Å²) in [5.41, 5.74) is 2.99. The minimum atomic E-state index is 0.00391. The van der Waals surface area contributed by atoms with Crippen molar-refractivity contribution in [3.8, 4) is 0 Å². The van der Waals surface area contributed by atoms with Gasteiger partial charge in [-0.15, -0.1) is 0 Å². The van der Waals surface area contributed by atoms with Crippen LogP contribution in [0.3, 0.4) is 0 Å². The molecule has 114 valence electrons. The molecule has 2 aliphatic carbocycles. The van der Waals surface area contributed by atoms with Crippen LogP contribution in [0.2, 0.25) is 0 Å². The van der Waals surface area contributed by atoms with E-state index in [9.17, 15) is 4.79 Å².